The van der Waals surface area contributed by atoms with Crippen molar-refractivity contribution in [1.82, 2.24) is 4.98 Å². The van der Waals surface area contributed by atoms with Crippen molar-refractivity contribution in [2.24, 2.45) is 0 Å². The van der Waals surface area contributed by atoms with E-state index in [4.69, 9.17) is 4.98 Å². The van der Waals surface area contributed by atoms with Crippen molar-refractivity contribution in [3.8, 4) is 11.3 Å². The first-order chi connectivity index (χ1) is 12.8. The number of pyridine rings is 1. The SMILES string of the molecule is Cc1cc(-c2ccccc2)ncc1N(c1ccccc1)c1ccccc1. The molecule has 0 N–H and O–H groups in total. The van der Waals surface area contributed by atoms with Crippen LogP contribution in [0.3, 0.4) is 0 Å². The minimum Gasteiger partial charge on any atom is -0.309 e. The Hall–Kier alpha value is -3.39. The summed E-state index contributed by atoms with van der Waals surface area (Å²) in [6.45, 7) is 2.14. The van der Waals surface area contributed by atoms with Gasteiger partial charge in [0.25, 0.3) is 0 Å². The monoisotopic (exact) mass is 336 g/mol. The number of benzene rings is 3. The van der Waals surface area contributed by atoms with Crippen molar-refractivity contribution >= 4 is 17.1 Å². The van der Waals surface area contributed by atoms with Crippen LogP contribution in [0.5, 0.6) is 0 Å². The van der Waals surface area contributed by atoms with Gasteiger partial charge in [-0.05, 0) is 42.8 Å². The molecule has 1 aromatic heterocycles. The Bertz CT molecular complexity index is 941. The molecule has 2 nitrogen and oxygen atoms in total. The highest BCUT2D eigenvalue weighted by atomic mass is 15.1. The van der Waals surface area contributed by atoms with E-state index in [-0.39, 0.29) is 0 Å². The molecule has 0 aliphatic carbocycles. The number of aromatic nitrogens is 1. The summed E-state index contributed by atoms with van der Waals surface area (Å²) >= 11 is 0. The molecule has 3 aromatic carbocycles. The number of anilines is 3. The summed E-state index contributed by atoms with van der Waals surface area (Å²) in [5, 5.41) is 0. The smallest absolute Gasteiger partial charge is 0.0706 e. The van der Waals surface area contributed by atoms with E-state index < -0.39 is 0 Å². The Morgan fingerprint density at radius 3 is 1.65 bits per heavy atom. The molecule has 0 aliphatic rings. The van der Waals surface area contributed by atoms with Gasteiger partial charge in [0.1, 0.15) is 0 Å². The summed E-state index contributed by atoms with van der Waals surface area (Å²) in [4.78, 5) is 6.99. The third-order valence-corrected chi connectivity index (χ3v) is 4.42. The van der Waals surface area contributed by atoms with E-state index in [9.17, 15) is 0 Å². The average Bonchev–Trinajstić information content (AvgIpc) is 2.72. The first-order valence-electron chi connectivity index (χ1n) is 8.75. The molecule has 4 aromatic rings. The Labute approximate surface area is 154 Å². The molecule has 0 fully saturated rings. The first kappa shape index (κ1) is 16.1. The molecule has 0 amide bonds. The van der Waals surface area contributed by atoms with Crippen LogP contribution in [0, 0.1) is 6.92 Å². The molecule has 0 unspecified atom stereocenters. The second kappa shape index (κ2) is 7.24. The number of nitrogens with zero attached hydrogens (tertiary/aromatic N) is 2. The molecule has 2 heteroatoms. The van der Waals surface area contributed by atoms with Crippen molar-refractivity contribution in [2.75, 3.05) is 4.90 Å². The minimum absolute atomic E-state index is 0.993. The predicted molar refractivity (Wildman–Crippen MR) is 109 cm³/mol. The third-order valence-electron chi connectivity index (χ3n) is 4.42. The molecule has 0 aliphatic heterocycles. The van der Waals surface area contributed by atoms with E-state index in [0.717, 1.165) is 28.3 Å². The van der Waals surface area contributed by atoms with Crippen molar-refractivity contribution in [2.45, 2.75) is 6.92 Å². The highest BCUT2D eigenvalue weighted by molar-refractivity contribution is 5.78. The zero-order valence-corrected chi connectivity index (χ0v) is 14.7. The summed E-state index contributed by atoms with van der Waals surface area (Å²) in [5.41, 5.74) is 6.64. The van der Waals surface area contributed by atoms with E-state index in [0.29, 0.717) is 0 Å². The zero-order valence-electron chi connectivity index (χ0n) is 14.7. The molecule has 0 radical (unpaired) electrons. The van der Waals surface area contributed by atoms with Gasteiger partial charge in [0.05, 0.1) is 17.6 Å². The van der Waals surface area contributed by atoms with Crippen LogP contribution in [-0.4, -0.2) is 4.98 Å². The standard InChI is InChI=1S/C24H20N2/c1-19-17-23(20-11-5-2-6-12-20)25-18-24(19)26(21-13-7-3-8-14-21)22-15-9-4-10-16-22/h2-18H,1H3. The third kappa shape index (κ3) is 3.22. The van der Waals surface area contributed by atoms with Crippen LogP contribution in [0.1, 0.15) is 5.56 Å². The van der Waals surface area contributed by atoms with Crippen LogP contribution >= 0.6 is 0 Å². The van der Waals surface area contributed by atoms with Crippen molar-refractivity contribution in [3.05, 3.63) is 109 Å². The summed E-state index contributed by atoms with van der Waals surface area (Å²) < 4.78 is 0. The first-order valence-corrected chi connectivity index (χ1v) is 8.75. The fraction of sp³-hybridized carbons (Fsp3) is 0.0417. The van der Waals surface area contributed by atoms with Crippen LogP contribution in [0.25, 0.3) is 11.3 Å². The molecular weight excluding hydrogens is 316 g/mol. The lowest BCUT2D eigenvalue weighted by atomic mass is 10.1. The van der Waals surface area contributed by atoms with Crippen LogP contribution in [0.2, 0.25) is 0 Å². The lowest BCUT2D eigenvalue weighted by molar-refractivity contribution is 1.20. The summed E-state index contributed by atoms with van der Waals surface area (Å²) in [5.74, 6) is 0. The normalized spacial score (nSPS) is 10.5. The second-order valence-corrected chi connectivity index (χ2v) is 6.23. The quantitative estimate of drug-likeness (QED) is 0.421. The maximum Gasteiger partial charge on any atom is 0.0706 e. The van der Waals surface area contributed by atoms with Gasteiger partial charge in [0.15, 0.2) is 0 Å². The molecule has 0 atom stereocenters. The van der Waals surface area contributed by atoms with Crippen LogP contribution < -0.4 is 4.90 Å². The Balaban J connectivity index is 1.82. The van der Waals surface area contributed by atoms with E-state index in [1.54, 1.807) is 0 Å². The van der Waals surface area contributed by atoms with Gasteiger partial charge >= 0.3 is 0 Å². The molecule has 0 saturated carbocycles. The molecule has 0 spiro atoms. The summed E-state index contributed by atoms with van der Waals surface area (Å²) in [7, 11) is 0. The van der Waals surface area contributed by atoms with Crippen LogP contribution in [-0.2, 0) is 0 Å². The summed E-state index contributed by atoms with van der Waals surface area (Å²) in [6.07, 6.45) is 1.97. The van der Waals surface area contributed by atoms with E-state index in [2.05, 4.69) is 78.6 Å². The highest BCUT2D eigenvalue weighted by Gasteiger charge is 2.15. The number of hydrogen-bond donors (Lipinski definition) is 0. The van der Waals surface area contributed by atoms with Gasteiger partial charge in [-0.1, -0.05) is 66.7 Å². The van der Waals surface area contributed by atoms with Gasteiger partial charge in [-0.2, -0.15) is 0 Å². The average molecular weight is 336 g/mol. The topological polar surface area (TPSA) is 16.1 Å². The Kier molecular flexibility index (Phi) is 4.48. The number of aryl methyl sites for hydroxylation is 1. The van der Waals surface area contributed by atoms with Crippen molar-refractivity contribution in [1.29, 1.82) is 0 Å². The maximum atomic E-state index is 4.74. The van der Waals surface area contributed by atoms with Crippen molar-refractivity contribution in [3.63, 3.8) is 0 Å². The molecule has 0 bridgehead atoms. The van der Waals surface area contributed by atoms with E-state index >= 15 is 0 Å². The van der Waals surface area contributed by atoms with Crippen LogP contribution in [0.15, 0.2) is 103 Å². The van der Waals surface area contributed by atoms with Gasteiger partial charge in [-0.15, -0.1) is 0 Å². The fourth-order valence-electron chi connectivity index (χ4n) is 3.13. The molecule has 1 heterocycles. The Morgan fingerprint density at radius 1 is 0.654 bits per heavy atom. The van der Waals surface area contributed by atoms with Gasteiger partial charge in [-0.3, -0.25) is 4.98 Å². The lowest BCUT2D eigenvalue weighted by Gasteiger charge is -2.26. The maximum absolute atomic E-state index is 4.74. The van der Waals surface area contributed by atoms with Gasteiger partial charge in [-0.25, -0.2) is 0 Å². The largest absolute Gasteiger partial charge is 0.309 e. The molecule has 0 saturated heterocycles. The van der Waals surface area contributed by atoms with Gasteiger partial charge < -0.3 is 4.90 Å². The van der Waals surface area contributed by atoms with Crippen molar-refractivity contribution < 1.29 is 0 Å². The number of rotatable bonds is 4. The van der Waals surface area contributed by atoms with E-state index in [1.165, 1.54) is 5.56 Å². The minimum atomic E-state index is 0.993. The lowest BCUT2D eigenvalue weighted by Crippen LogP contribution is -2.11. The summed E-state index contributed by atoms with van der Waals surface area (Å²) in [6, 6.07) is 33.3. The molecular formula is C24H20N2. The number of hydrogen-bond acceptors (Lipinski definition) is 2. The zero-order chi connectivity index (χ0) is 17.8. The molecule has 126 valence electrons. The van der Waals surface area contributed by atoms with Crippen LogP contribution in [0.4, 0.5) is 17.1 Å². The second-order valence-electron chi connectivity index (χ2n) is 6.23. The Morgan fingerprint density at radius 2 is 1.15 bits per heavy atom. The number of para-hydroxylation sites is 2. The molecule has 26 heavy (non-hydrogen) atoms. The highest BCUT2D eigenvalue weighted by Crippen LogP contribution is 2.36. The fourth-order valence-corrected chi connectivity index (χ4v) is 3.13. The predicted octanol–water partition coefficient (Wildman–Crippen LogP) is 6.53. The van der Waals surface area contributed by atoms with Gasteiger partial charge in [0.2, 0.25) is 0 Å². The van der Waals surface area contributed by atoms with Gasteiger partial charge in [0, 0.05) is 16.9 Å². The molecule has 4 rings (SSSR count). The van der Waals surface area contributed by atoms with E-state index in [1.807, 2.05) is 36.5 Å².